The molecule has 0 bridgehead atoms. The van der Waals surface area contributed by atoms with Gasteiger partial charge in [0.05, 0.1) is 14.9 Å². The third-order valence-electron chi connectivity index (χ3n) is 1.25. The summed E-state index contributed by atoms with van der Waals surface area (Å²) in [6.07, 6.45) is 0. The molecule has 0 spiro atoms. The average Bonchev–Trinajstić information content (AvgIpc) is 2.33. The van der Waals surface area contributed by atoms with E-state index in [1.54, 1.807) is 0 Å². The van der Waals surface area contributed by atoms with Crippen LogP contribution in [0, 0.1) is 0 Å². The Balaban J connectivity index is 3.18. The van der Waals surface area contributed by atoms with Crippen LogP contribution in [0.25, 0.3) is 0 Å². The fraction of sp³-hybridized carbons (Fsp3) is 0.286. The first-order chi connectivity index (χ1) is 6.07. The number of hydrogen-bond acceptors (Lipinski definition) is 3. The second-order valence-electron chi connectivity index (χ2n) is 2.09. The molecule has 3 nitrogen and oxygen atoms in total. The van der Waals surface area contributed by atoms with Gasteiger partial charge in [-0.2, -0.15) is 0 Å². The first-order valence-corrected chi connectivity index (χ1v) is 5.82. The number of ether oxygens (including phenoxy) is 1. The highest BCUT2D eigenvalue weighted by molar-refractivity contribution is 9.13. The first kappa shape index (κ1) is 11.0. The smallest absolute Gasteiger partial charge is 0.349 e. The molecule has 0 aliphatic rings. The minimum Gasteiger partial charge on any atom is -0.491 e. The van der Waals surface area contributed by atoms with Gasteiger partial charge in [-0.25, -0.2) is 4.79 Å². The number of halogens is 2. The number of carbonyl (C=O) groups is 1. The monoisotopic (exact) mass is 328 g/mol. The Labute approximate surface area is 96.0 Å². The number of rotatable bonds is 3. The summed E-state index contributed by atoms with van der Waals surface area (Å²) in [7, 11) is 0. The summed E-state index contributed by atoms with van der Waals surface area (Å²) in [6.45, 7) is 2.26. The van der Waals surface area contributed by atoms with E-state index in [1.807, 2.05) is 6.92 Å². The van der Waals surface area contributed by atoms with Crippen molar-refractivity contribution in [2.45, 2.75) is 6.92 Å². The fourth-order valence-corrected chi connectivity index (χ4v) is 2.84. The Bertz CT molecular complexity index is 335. The number of carboxylic acids is 1. The minimum absolute atomic E-state index is 0.209. The number of carboxylic acid groups (broad SMARTS) is 1. The Kier molecular flexibility index (Phi) is 3.75. The maximum atomic E-state index is 10.8. The van der Waals surface area contributed by atoms with Crippen molar-refractivity contribution in [3.05, 3.63) is 13.1 Å². The maximum Gasteiger partial charge on any atom is 0.349 e. The summed E-state index contributed by atoms with van der Waals surface area (Å²) in [5.41, 5.74) is 0. The molecule has 6 heteroatoms. The zero-order valence-electron chi connectivity index (χ0n) is 6.63. The van der Waals surface area contributed by atoms with Crippen molar-refractivity contribution in [3.63, 3.8) is 0 Å². The highest BCUT2D eigenvalue weighted by Crippen LogP contribution is 2.43. The van der Waals surface area contributed by atoms with E-state index in [0.717, 1.165) is 15.1 Å². The summed E-state index contributed by atoms with van der Waals surface area (Å²) in [6, 6.07) is 0. The van der Waals surface area contributed by atoms with E-state index in [9.17, 15) is 4.79 Å². The highest BCUT2D eigenvalue weighted by Gasteiger charge is 2.20. The molecule has 0 saturated carbocycles. The lowest BCUT2D eigenvalue weighted by Gasteiger charge is -2.01. The number of aromatic carboxylic acids is 1. The molecule has 0 aromatic carbocycles. The van der Waals surface area contributed by atoms with E-state index < -0.39 is 5.97 Å². The third kappa shape index (κ3) is 2.24. The molecule has 1 rings (SSSR count). The zero-order chi connectivity index (χ0) is 10.0. The van der Waals surface area contributed by atoms with Crippen LogP contribution >= 0.6 is 43.2 Å². The predicted molar refractivity (Wildman–Crippen MR) is 57.8 cm³/mol. The van der Waals surface area contributed by atoms with E-state index in [1.165, 1.54) is 0 Å². The largest absolute Gasteiger partial charge is 0.491 e. The Hall–Kier alpha value is -0.0700. The summed E-state index contributed by atoms with van der Waals surface area (Å²) in [5.74, 6) is -0.577. The van der Waals surface area contributed by atoms with Gasteiger partial charge in [-0.15, -0.1) is 11.3 Å². The average molecular weight is 330 g/mol. The second kappa shape index (κ2) is 4.43. The lowest BCUT2D eigenvalue weighted by Crippen LogP contribution is -1.98. The molecule has 13 heavy (non-hydrogen) atoms. The van der Waals surface area contributed by atoms with Crippen molar-refractivity contribution in [2.75, 3.05) is 6.61 Å². The summed E-state index contributed by atoms with van der Waals surface area (Å²) in [5, 5.41) is 8.82. The van der Waals surface area contributed by atoms with Gasteiger partial charge >= 0.3 is 5.97 Å². The zero-order valence-corrected chi connectivity index (χ0v) is 10.6. The van der Waals surface area contributed by atoms with Crippen LogP contribution in [0.1, 0.15) is 16.6 Å². The SMILES string of the molecule is CCOc1c(C(=O)O)sc(Br)c1Br. The van der Waals surface area contributed by atoms with E-state index in [0.29, 0.717) is 16.8 Å². The van der Waals surface area contributed by atoms with Crippen molar-refractivity contribution >= 4 is 49.2 Å². The highest BCUT2D eigenvalue weighted by atomic mass is 79.9. The molecule has 1 heterocycles. The standard InChI is InChI=1S/C7H6Br2O3S/c1-2-12-4-3(8)6(9)13-5(4)7(10)11/h2H2,1H3,(H,10,11). The van der Waals surface area contributed by atoms with Gasteiger partial charge in [0, 0.05) is 0 Å². The van der Waals surface area contributed by atoms with Gasteiger partial charge in [-0.05, 0) is 38.8 Å². The molecule has 0 saturated heterocycles. The number of hydrogen-bond donors (Lipinski definition) is 1. The molecule has 0 unspecified atom stereocenters. The molecular formula is C7H6Br2O3S. The molecule has 0 fully saturated rings. The minimum atomic E-state index is -0.972. The van der Waals surface area contributed by atoms with Gasteiger partial charge in [-0.1, -0.05) is 0 Å². The van der Waals surface area contributed by atoms with Crippen molar-refractivity contribution in [1.82, 2.24) is 0 Å². The molecule has 1 aromatic heterocycles. The Morgan fingerprint density at radius 1 is 1.62 bits per heavy atom. The van der Waals surface area contributed by atoms with Crippen LogP contribution in [0.3, 0.4) is 0 Å². The normalized spacial score (nSPS) is 10.1. The van der Waals surface area contributed by atoms with Gasteiger partial charge in [0.1, 0.15) is 0 Å². The molecule has 0 aliphatic heterocycles. The Morgan fingerprint density at radius 2 is 2.23 bits per heavy atom. The van der Waals surface area contributed by atoms with E-state index >= 15 is 0 Å². The summed E-state index contributed by atoms with van der Waals surface area (Å²) >= 11 is 7.61. The van der Waals surface area contributed by atoms with Gasteiger partial charge in [-0.3, -0.25) is 0 Å². The van der Waals surface area contributed by atoms with Crippen molar-refractivity contribution in [1.29, 1.82) is 0 Å². The molecule has 0 amide bonds. The molecule has 1 aromatic rings. The van der Waals surface area contributed by atoms with Crippen molar-refractivity contribution in [2.24, 2.45) is 0 Å². The van der Waals surface area contributed by atoms with E-state index in [-0.39, 0.29) is 4.88 Å². The molecule has 72 valence electrons. The van der Waals surface area contributed by atoms with Crippen LogP contribution in [0.4, 0.5) is 0 Å². The van der Waals surface area contributed by atoms with Crippen LogP contribution in [0.2, 0.25) is 0 Å². The predicted octanol–water partition coefficient (Wildman–Crippen LogP) is 3.37. The number of thiophene rings is 1. The van der Waals surface area contributed by atoms with Crippen LogP contribution < -0.4 is 4.74 Å². The maximum absolute atomic E-state index is 10.8. The Morgan fingerprint density at radius 3 is 2.69 bits per heavy atom. The van der Waals surface area contributed by atoms with E-state index in [2.05, 4.69) is 31.9 Å². The van der Waals surface area contributed by atoms with E-state index in [4.69, 9.17) is 9.84 Å². The lowest BCUT2D eigenvalue weighted by atomic mass is 10.4. The van der Waals surface area contributed by atoms with Crippen LogP contribution in [-0.2, 0) is 0 Å². The second-order valence-corrected chi connectivity index (χ2v) is 5.22. The van der Waals surface area contributed by atoms with Gasteiger partial charge < -0.3 is 9.84 Å². The fourth-order valence-electron chi connectivity index (χ4n) is 0.784. The van der Waals surface area contributed by atoms with Gasteiger partial charge in [0.25, 0.3) is 0 Å². The molecule has 1 N–H and O–H groups in total. The third-order valence-corrected chi connectivity index (χ3v) is 4.63. The lowest BCUT2D eigenvalue weighted by molar-refractivity contribution is 0.0698. The van der Waals surface area contributed by atoms with Crippen molar-refractivity contribution < 1.29 is 14.6 Å². The molecular weight excluding hydrogens is 324 g/mol. The van der Waals surface area contributed by atoms with Gasteiger partial charge in [0.15, 0.2) is 10.6 Å². The van der Waals surface area contributed by atoms with Crippen molar-refractivity contribution in [3.8, 4) is 5.75 Å². The first-order valence-electron chi connectivity index (χ1n) is 3.41. The van der Waals surface area contributed by atoms with Crippen LogP contribution in [0.5, 0.6) is 5.75 Å². The van der Waals surface area contributed by atoms with Crippen LogP contribution in [0.15, 0.2) is 8.26 Å². The van der Waals surface area contributed by atoms with Crippen LogP contribution in [-0.4, -0.2) is 17.7 Å². The molecule has 0 radical (unpaired) electrons. The molecule has 0 aliphatic carbocycles. The summed E-state index contributed by atoms with van der Waals surface area (Å²) in [4.78, 5) is 11.0. The quantitative estimate of drug-likeness (QED) is 0.924. The van der Waals surface area contributed by atoms with Gasteiger partial charge in [0.2, 0.25) is 0 Å². The topological polar surface area (TPSA) is 46.5 Å². The molecule has 0 atom stereocenters. The summed E-state index contributed by atoms with van der Waals surface area (Å²) < 4.78 is 6.60.